The molecule has 36 heavy (non-hydrogen) atoms. The van der Waals surface area contributed by atoms with Crippen molar-refractivity contribution in [2.45, 2.75) is 31.7 Å². The van der Waals surface area contributed by atoms with Crippen molar-refractivity contribution in [3.63, 3.8) is 0 Å². The van der Waals surface area contributed by atoms with Crippen molar-refractivity contribution in [3.05, 3.63) is 53.3 Å². The molecule has 0 saturated carbocycles. The first-order valence-corrected chi connectivity index (χ1v) is 13.1. The van der Waals surface area contributed by atoms with Gasteiger partial charge in [-0.25, -0.2) is 4.39 Å². The average molecular weight is 535 g/mol. The van der Waals surface area contributed by atoms with Crippen LogP contribution >= 0.6 is 23.1 Å². The number of hydrogen-bond donors (Lipinski definition) is 2. The van der Waals surface area contributed by atoms with Gasteiger partial charge in [0.25, 0.3) is 5.91 Å². The van der Waals surface area contributed by atoms with Gasteiger partial charge in [0, 0.05) is 12.1 Å². The van der Waals surface area contributed by atoms with E-state index in [2.05, 4.69) is 20.8 Å². The lowest BCUT2D eigenvalue weighted by atomic mass is 10.1. The predicted molar refractivity (Wildman–Crippen MR) is 137 cm³/mol. The Morgan fingerprint density at radius 2 is 1.61 bits per heavy atom. The van der Waals surface area contributed by atoms with Gasteiger partial charge < -0.3 is 19.5 Å². The number of ether oxygens (including phenoxy) is 3. The Morgan fingerprint density at radius 1 is 0.972 bits per heavy atom. The fraction of sp³-hybridized carbons (Fsp3) is 0.333. The summed E-state index contributed by atoms with van der Waals surface area (Å²) in [6.07, 6.45) is 0. The lowest BCUT2D eigenvalue weighted by Crippen LogP contribution is -2.24. The third-order valence-electron chi connectivity index (χ3n) is 4.53. The summed E-state index contributed by atoms with van der Waals surface area (Å²) in [4.78, 5) is 25.0. The van der Waals surface area contributed by atoms with Crippen LogP contribution in [0.25, 0.3) is 0 Å². The second kappa shape index (κ2) is 13.6. The van der Waals surface area contributed by atoms with E-state index in [0.29, 0.717) is 58.6 Å². The van der Waals surface area contributed by atoms with Crippen LogP contribution in [-0.4, -0.2) is 47.6 Å². The molecule has 0 aliphatic carbocycles. The molecule has 0 atom stereocenters. The molecule has 0 aliphatic rings. The molecule has 0 bridgehead atoms. The van der Waals surface area contributed by atoms with Crippen LogP contribution in [0.4, 0.5) is 9.52 Å². The van der Waals surface area contributed by atoms with Crippen molar-refractivity contribution >= 4 is 40.0 Å². The van der Waals surface area contributed by atoms with Crippen LogP contribution in [0.5, 0.6) is 17.2 Å². The van der Waals surface area contributed by atoms with Crippen LogP contribution in [-0.2, 0) is 11.3 Å². The SMILES string of the molecule is CCOc1cc(C(=O)Nc2nnc(SCC(=O)NCc3ccc(F)cc3)s2)cc(OCC)c1OCC. The smallest absolute Gasteiger partial charge is 0.257 e. The maximum Gasteiger partial charge on any atom is 0.257 e. The molecule has 0 unspecified atom stereocenters. The van der Waals surface area contributed by atoms with Crippen molar-refractivity contribution < 1.29 is 28.2 Å². The highest BCUT2D eigenvalue weighted by atomic mass is 32.2. The van der Waals surface area contributed by atoms with Gasteiger partial charge in [0.15, 0.2) is 15.8 Å². The molecular weight excluding hydrogens is 507 g/mol. The maximum absolute atomic E-state index is 13.0. The zero-order valence-electron chi connectivity index (χ0n) is 20.1. The second-order valence-corrected chi connectivity index (χ2v) is 9.32. The molecule has 0 radical (unpaired) electrons. The lowest BCUT2D eigenvalue weighted by molar-refractivity contribution is -0.118. The van der Waals surface area contributed by atoms with E-state index < -0.39 is 5.91 Å². The fourth-order valence-electron chi connectivity index (χ4n) is 2.99. The summed E-state index contributed by atoms with van der Waals surface area (Å²) in [6.45, 7) is 7.04. The minimum Gasteiger partial charge on any atom is -0.490 e. The molecule has 9 nitrogen and oxygen atoms in total. The van der Waals surface area contributed by atoms with E-state index in [9.17, 15) is 14.0 Å². The predicted octanol–water partition coefficient (Wildman–Crippen LogP) is 4.53. The maximum atomic E-state index is 13.0. The van der Waals surface area contributed by atoms with Gasteiger partial charge in [-0.1, -0.05) is 35.2 Å². The van der Waals surface area contributed by atoms with E-state index in [1.165, 1.54) is 23.9 Å². The molecule has 0 spiro atoms. The summed E-state index contributed by atoms with van der Waals surface area (Å²) in [5, 5.41) is 13.8. The standard InChI is InChI=1S/C24H27FN4O5S2/c1-4-32-18-11-16(12-19(33-5-2)21(18)34-6-3)22(31)27-23-28-29-24(36-23)35-14-20(30)26-13-15-7-9-17(25)10-8-15/h7-12H,4-6,13-14H2,1-3H3,(H,26,30)(H,27,28,31). The number of carbonyl (C=O) groups excluding carboxylic acids is 2. The van der Waals surface area contributed by atoms with Crippen LogP contribution < -0.4 is 24.8 Å². The Balaban J connectivity index is 1.59. The number of anilines is 1. The van der Waals surface area contributed by atoms with Crippen LogP contribution in [0.3, 0.4) is 0 Å². The highest BCUT2D eigenvalue weighted by Gasteiger charge is 2.19. The Kier molecular flexibility index (Phi) is 10.3. The second-order valence-electron chi connectivity index (χ2n) is 7.12. The van der Waals surface area contributed by atoms with Gasteiger partial charge in [-0.15, -0.1) is 10.2 Å². The number of rotatable bonds is 13. The molecule has 3 aromatic rings. The highest BCUT2D eigenvalue weighted by molar-refractivity contribution is 8.01. The summed E-state index contributed by atoms with van der Waals surface area (Å²) in [5.41, 5.74) is 1.11. The normalized spacial score (nSPS) is 10.6. The zero-order chi connectivity index (χ0) is 25.9. The number of aromatic nitrogens is 2. The van der Waals surface area contributed by atoms with Crippen LogP contribution in [0.15, 0.2) is 40.7 Å². The lowest BCUT2D eigenvalue weighted by Gasteiger charge is -2.16. The molecule has 12 heteroatoms. The van der Waals surface area contributed by atoms with Gasteiger partial charge in [0.1, 0.15) is 5.82 Å². The van der Waals surface area contributed by atoms with Gasteiger partial charge in [-0.3, -0.25) is 14.9 Å². The number of halogens is 1. The molecule has 2 N–H and O–H groups in total. The largest absolute Gasteiger partial charge is 0.490 e. The number of nitrogens with zero attached hydrogens (tertiary/aromatic N) is 2. The van der Waals surface area contributed by atoms with Crippen molar-refractivity contribution in [3.8, 4) is 17.2 Å². The Hall–Kier alpha value is -3.38. The molecule has 1 heterocycles. The minimum absolute atomic E-state index is 0.123. The first-order chi connectivity index (χ1) is 17.4. The Bertz CT molecular complexity index is 1150. The minimum atomic E-state index is -0.412. The number of thioether (sulfide) groups is 1. The number of benzene rings is 2. The number of hydrogen-bond acceptors (Lipinski definition) is 9. The zero-order valence-corrected chi connectivity index (χ0v) is 21.8. The summed E-state index contributed by atoms with van der Waals surface area (Å²) in [5.74, 6) is 0.456. The molecule has 3 rings (SSSR count). The van der Waals surface area contributed by atoms with Gasteiger partial charge in [-0.05, 0) is 50.6 Å². The van der Waals surface area contributed by atoms with Crippen LogP contribution in [0, 0.1) is 5.82 Å². The van der Waals surface area contributed by atoms with Gasteiger partial charge >= 0.3 is 0 Å². The number of carbonyl (C=O) groups is 2. The molecule has 1 aromatic heterocycles. The van der Waals surface area contributed by atoms with E-state index in [1.807, 2.05) is 20.8 Å². The first-order valence-electron chi connectivity index (χ1n) is 11.3. The number of nitrogens with one attached hydrogen (secondary N) is 2. The molecular formula is C24H27FN4O5S2. The van der Waals surface area contributed by atoms with E-state index in [-0.39, 0.29) is 17.5 Å². The van der Waals surface area contributed by atoms with Crippen molar-refractivity contribution in [1.29, 1.82) is 0 Å². The van der Waals surface area contributed by atoms with Crippen molar-refractivity contribution in [2.24, 2.45) is 0 Å². The fourth-order valence-corrected chi connectivity index (χ4v) is 4.57. The summed E-state index contributed by atoms with van der Waals surface area (Å²) < 4.78 is 30.5. The molecule has 0 fully saturated rings. The van der Waals surface area contributed by atoms with E-state index in [4.69, 9.17) is 14.2 Å². The summed E-state index contributed by atoms with van der Waals surface area (Å²) >= 11 is 2.35. The molecule has 192 valence electrons. The quantitative estimate of drug-likeness (QED) is 0.243. The molecule has 0 aliphatic heterocycles. The summed E-state index contributed by atoms with van der Waals surface area (Å²) in [7, 11) is 0. The molecule has 2 amide bonds. The topological polar surface area (TPSA) is 112 Å². The third-order valence-corrected chi connectivity index (χ3v) is 6.50. The molecule has 0 saturated heterocycles. The van der Waals surface area contributed by atoms with Gasteiger partial charge in [0.2, 0.25) is 16.8 Å². The number of amides is 2. The first kappa shape index (κ1) is 27.2. The Morgan fingerprint density at radius 3 is 2.22 bits per heavy atom. The van der Waals surface area contributed by atoms with E-state index in [1.54, 1.807) is 24.3 Å². The van der Waals surface area contributed by atoms with Crippen molar-refractivity contribution in [1.82, 2.24) is 15.5 Å². The molecule has 2 aromatic carbocycles. The monoisotopic (exact) mass is 534 g/mol. The summed E-state index contributed by atoms with van der Waals surface area (Å²) in [6, 6.07) is 9.10. The van der Waals surface area contributed by atoms with E-state index >= 15 is 0 Å². The van der Waals surface area contributed by atoms with Gasteiger partial charge in [-0.2, -0.15) is 0 Å². The van der Waals surface area contributed by atoms with E-state index in [0.717, 1.165) is 16.9 Å². The van der Waals surface area contributed by atoms with Gasteiger partial charge in [0.05, 0.1) is 25.6 Å². The Labute approximate surface area is 216 Å². The third kappa shape index (κ3) is 7.82. The van der Waals surface area contributed by atoms with Crippen LogP contribution in [0.1, 0.15) is 36.7 Å². The average Bonchev–Trinajstić information content (AvgIpc) is 3.31. The van der Waals surface area contributed by atoms with Crippen LogP contribution in [0.2, 0.25) is 0 Å². The van der Waals surface area contributed by atoms with Crippen molar-refractivity contribution in [2.75, 3.05) is 30.9 Å². The highest BCUT2D eigenvalue weighted by Crippen LogP contribution is 2.39.